The van der Waals surface area contributed by atoms with Gasteiger partial charge in [-0.3, -0.25) is 4.79 Å². The quantitative estimate of drug-likeness (QED) is 0.657. The van der Waals surface area contributed by atoms with Crippen LogP contribution >= 0.6 is 36.2 Å². The second-order valence-electron chi connectivity index (χ2n) is 5.10. The molecule has 0 saturated heterocycles. The van der Waals surface area contributed by atoms with Crippen LogP contribution in [0.2, 0.25) is 0 Å². The summed E-state index contributed by atoms with van der Waals surface area (Å²) in [6.45, 7) is 6.03. The fourth-order valence-corrected chi connectivity index (χ4v) is 3.13. The van der Waals surface area contributed by atoms with E-state index < -0.39 is 0 Å². The number of amides is 1. The fourth-order valence-electron chi connectivity index (χ4n) is 2.14. The molecule has 0 atom stereocenters. The van der Waals surface area contributed by atoms with E-state index in [4.69, 9.17) is 4.74 Å². The molecule has 2 rings (SSSR count). The Morgan fingerprint density at radius 2 is 1.88 bits per heavy atom. The molecule has 0 saturated carbocycles. The molecule has 2 aromatic rings. The number of aromatic nitrogens is 1. The molecule has 8 heteroatoms. The number of hydrogen-bond donors (Lipinski definition) is 2. The molecular weight excluding hydrogens is 381 g/mol. The lowest BCUT2D eigenvalue weighted by atomic mass is 10.2. The molecule has 0 aliphatic rings. The normalized spacial score (nSPS) is 9.72. The van der Waals surface area contributed by atoms with Crippen molar-refractivity contribution in [3.63, 3.8) is 0 Å². The molecule has 0 unspecified atom stereocenters. The van der Waals surface area contributed by atoms with Crippen molar-refractivity contribution in [3.8, 4) is 16.3 Å². The molecule has 1 aromatic heterocycles. The smallest absolute Gasteiger partial charge is 0.263 e. The second kappa shape index (κ2) is 12.1. The first kappa shape index (κ1) is 23.7. The number of hydrogen-bond acceptors (Lipinski definition) is 5. The van der Waals surface area contributed by atoms with Crippen molar-refractivity contribution in [1.29, 1.82) is 0 Å². The maximum absolute atomic E-state index is 12.2. The lowest BCUT2D eigenvalue weighted by molar-refractivity contribution is 0.0956. The minimum atomic E-state index is -0.0479. The predicted octanol–water partition coefficient (Wildman–Crippen LogP) is 3.70. The van der Waals surface area contributed by atoms with Crippen molar-refractivity contribution in [2.75, 3.05) is 26.7 Å². The molecule has 140 valence electrons. The average molecular weight is 406 g/mol. The van der Waals surface area contributed by atoms with E-state index in [1.165, 1.54) is 11.3 Å². The summed E-state index contributed by atoms with van der Waals surface area (Å²) >= 11 is 1.42. The minimum absolute atomic E-state index is 0. The Labute approximate surface area is 165 Å². The molecule has 1 aromatic carbocycles. The van der Waals surface area contributed by atoms with Gasteiger partial charge < -0.3 is 15.4 Å². The highest BCUT2D eigenvalue weighted by Crippen LogP contribution is 2.29. The van der Waals surface area contributed by atoms with E-state index in [0.29, 0.717) is 18.0 Å². The van der Waals surface area contributed by atoms with Crippen molar-refractivity contribution in [1.82, 2.24) is 15.6 Å². The van der Waals surface area contributed by atoms with Crippen LogP contribution in [0.5, 0.6) is 5.75 Å². The lowest BCUT2D eigenvalue weighted by Crippen LogP contribution is -2.26. The second-order valence-corrected chi connectivity index (χ2v) is 6.10. The molecule has 25 heavy (non-hydrogen) atoms. The molecule has 0 aliphatic heterocycles. The summed E-state index contributed by atoms with van der Waals surface area (Å²) in [6.07, 6.45) is 0.909. The zero-order chi connectivity index (χ0) is 16.7. The zero-order valence-corrected chi connectivity index (χ0v) is 17.1. The highest BCUT2D eigenvalue weighted by molar-refractivity contribution is 7.17. The number of thiazole rings is 1. The summed E-state index contributed by atoms with van der Waals surface area (Å²) in [4.78, 5) is 17.4. The van der Waals surface area contributed by atoms with Crippen LogP contribution in [0.3, 0.4) is 0 Å². The Balaban J connectivity index is 0.00000288. The molecule has 1 heterocycles. The Morgan fingerprint density at radius 3 is 2.48 bits per heavy atom. The van der Waals surface area contributed by atoms with E-state index in [0.717, 1.165) is 35.0 Å². The Bertz CT molecular complexity index is 648. The van der Waals surface area contributed by atoms with Crippen LogP contribution in [0.4, 0.5) is 0 Å². The molecule has 0 aliphatic carbocycles. The number of halogens is 2. The molecule has 2 N–H and O–H groups in total. The summed E-state index contributed by atoms with van der Waals surface area (Å²) in [7, 11) is 1.90. The van der Waals surface area contributed by atoms with Gasteiger partial charge in [0.15, 0.2) is 0 Å². The number of nitrogens with zero attached hydrogens (tertiary/aromatic N) is 1. The third kappa shape index (κ3) is 6.82. The van der Waals surface area contributed by atoms with Gasteiger partial charge in [0, 0.05) is 12.1 Å². The predicted molar refractivity (Wildman–Crippen MR) is 109 cm³/mol. The standard InChI is InChI=1S/C17H23N3O2S.2ClH/c1-4-22-14-8-6-13(7-9-14)17-20-12(2)15(23-17)16(21)19-11-5-10-18-3;;/h6-9,18H,4-5,10-11H2,1-3H3,(H,19,21);2*1H. The van der Waals surface area contributed by atoms with E-state index in [-0.39, 0.29) is 30.7 Å². The van der Waals surface area contributed by atoms with Gasteiger partial charge in [-0.05, 0) is 58.1 Å². The average Bonchev–Trinajstić information content (AvgIpc) is 2.94. The molecular formula is C17H25Cl2N3O2S. The van der Waals surface area contributed by atoms with Crippen molar-refractivity contribution < 1.29 is 9.53 Å². The van der Waals surface area contributed by atoms with Gasteiger partial charge in [-0.25, -0.2) is 4.98 Å². The third-order valence-electron chi connectivity index (χ3n) is 3.30. The van der Waals surface area contributed by atoms with Crippen LogP contribution in [-0.4, -0.2) is 37.6 Å². The van der Waals surface area contributed by atoms with Crippen LogP contribution in [0.25, 0.3) is 10.6 Å². The van der Waals surface area contributed by atoms with E-state index >= 15 is 0 Å². The molecule has 5 nitrogen and oxygen atoms in total. The highest BCUT2D eigenvalue weighted by Gasteiger charge is 2.15. The third-order valence-corrected chi connectivity index (χ3v) is 4.51. The SMILES string of the molecule is CCOc1ccc(-c2nc(C)c(C(=O)NCCCNC)s2)cc1.Cl.Cl. The highest BCUT2D eigenvalue weighted by atomic mass is 35.5. The van der Waals surface area contributed by atoms with E-state index in [1.54, 1.807) is 0 Å². The molecule has 1 amide bonds. The van der Waals surface area contributed by atoms with Gasteiger partial charge in [-0.2, -0.15) is 0 Å². The van der Waals surface area contributed by atoms with Gasteiger partial charge >= 0.3 is 0 Å². The minimum Gasteiger partial charge on any atom is -0.494 e. The summed E-state index contributed by atoms with van der Waals surface area (Å²) in [5, 5.41) is 6.85. The van der Waals surface area contributed by atoms with Gasteiger partial charge in [0.2, 0.25) is 0 Å². The maximum Gasteiger partial charge on any atom is 0.263 e. The Hall–Kier alpha value is -1.34. The number of benzene rings is 1. The van der Waals surface area contributed by atoms with Gasteiger partial charge in [0.05, 0.1) is 12.3 Å². The van der Waals surface area contributed by atoms with Crippen LogP contribution in [0, 0.1) is 6.92 Å². The van der Waals surface area contributed by atoms with Crippen LogP contribution < -0.4 is 15.4 Å². The van der Waals surface area contributed by atoms with E-state index in [9.17, 15) is 4.79 Å². The van der Waals surface area contributed by atoms with Gasteiger partial charge in [0.1, 0.15) is 15.6 Å². The largest absolute Gasteiger partial charge is 0.494 e. The van der Waals surface area contributed by atoms with Crippen molar-refractivity contribution >= 4 is 42.1 Å². The Kier molecular flexibility index (Phi) is 11.4. The Morgan fingerprint density at radius 1 is 1.20 bits per heavy atom. The summed E-state index contributed by atoms with van der Waals surface area (Å²) in [6, 6.07) is 7.79. The van der Waals surface area contributed by atoms with E-state index in [1.807, 2.05) is 45.2 Å². The summed E-state index contributed by atoms with van der Waals surface area (Å²) in [5.74, 6) is 0.792. The topological polar surface area (TPSA) is 63.2 Å². The van der Waals surface area contributed by atoms with Crippen molar-refractivity contribution in [2.24, 2.45) is 0 Å². The maximum atomic E-state index is 12.2. The number of rotatable bonds is 8. The lowest BCUT2D eigenvalue weighted by Gasteiger charge is -2.03. The van der Waals surface area contributed by atoms with Crippen LogP contribution in [-0.2, 0) is 0 Å². The first-order valence-electron chi connectivity index (χ1n) is 7.79. The number of carbonyl (C=O) groups excluding carboxylic acids is 1. The van der Waals surface area contributed by atoms with Gasteiger partial charge in [-0.1, -0.05) is 0 Å². The zero-order valence-electron chi connectivity index (χ0n) is 14.6. The van der Waals surface area contributed by atoms with Gasteiger partial charge in [0.25, 0.3) is 5.91 Å². The van der Waals surface area contributed by atoms with Gasteiger partial charge in [-0.15, -0.1) is 36.2 Å². The summed E-state index contributed by atoms with van der Waals surface area (Å²) < 4.78 is 5.44. The number of carbonyl (C=O) groups is 1. The monoisotopic (exact) mass is 405 g/mol. The van der Waals surface area contributed by atoms with E-state index in [2.05, 4.69) is 15.6 Å². The number of ether oxygens (including phenoxy) is 1. The van der Waals surface area contributed by atoms with Crippen LogP contribution in [0.15, 0.2) is 24.3 Å². The van der Waals surface area contributed by atoms with Crippen molar-refractivity contribution in [3.05, 3.63) is 34.8 Å². The first-order chi connectivity index (χ1) is 11.2. The molecule has 0 radical (unpaired) electrons. The van der Waals surface area contributed by atoms with Crippen LogP contribution in [0.1, 0.15) is 28.7 Å². The fraction of sp³-hybridized carbons (Fsp3) is 0.412. The summed E-state index contributed by atoms with van der Waals surface area (Å²) in [5.41, 5.74) is 1.76. The first-order valence-corrected chi connectivity index (χ1v) is 8.60. The van der Waals surface area contributed by atoms with Crippen molar-refractivity contribution in [2.45, 2.75) is 20.3 Å². The molecule has 0 spiro atoms. The number of nitrogens with one attached hydrogen (secondary N) is 2. The molecule has 0 fully saturated rings. The molecule has 0 bridgehead atoms. The number of aryl methyl sites for hydroxylation is 1.